The van der Waals surface area contributed by atoms with E-state index in [1.165, 1.54) is 0 Å². The number of nitrogens with zero attached hydrogens (tertiary/aromatic N) is 2. The number of amides is 3. The van der Waals surface area contributed by atoms with Crippen molar-refractivity contribution in [3.8, 4) is 0 Å². The van der Waals surface area contributed by atoms with Crippen molar-refractivity contribution in [3.05, 3.63) is 0 Å². The fourth-order valence-electron chi connectivity index (χ4n) is 1.41. The monoisotopic (exact) mass is 274 g/mol. The Morgan fingerprint density at radius 3 is 2.26 bits per heavy atom. The average molecular weight is 274 g/mol. The van der Waals surface area contributed by atoms with Gasteiger partial charge in [0, 0.05) is 6.54 Å². The zero-order chi connectivity index (χ0) is 14.8. The molecule has 0 fully saturated rings. The first-order chi connectivity index (χ1) is 8.82. The van der Waals surface area contributed by atoms with Crippen LogP contribution in [0, 0.1) is 0 Å². The molecule has 8 heteroatoms. The second-order valence-corrected chi connectivity index (χ2v) is 4.46. The van der Waals surface area contributed by atoms with E-state index in [0.29, 0.717) is 6.54 Å². The van der Waals surface area contributed by atoms with E-state index < -0.39 is 31.0 Å². The Kier molecular flexibility index (Phi) is 8.27. The van der Waals surface area contributed by atoms with Gasteiger partial charge in [-0.05, 0) is 33.5 Å². The van der Waals surface area contributed by atoms with Gasteiger partial charge in [0.05, 0.1) is 0 Å². The van der Waals surface area contributed by atoms with Crippen molar-refractivity contribution < 1.29 is 19.5 Å². The number of carboxylic acid groups (broad SMARTS) is 1. The number of rotatable bonds is 9. The van der Waals surface area contributed by atoms with E-state index in [1.54, 1.807) is 0 Å². The quantitative estimate of drug-likeness (QED) is 0.462. The topological polar surface area (TPSA) is 116 Å². The molecule has 0 aromatic carbocycles. The molecule has 0 aliphatic heterocycles. The molecule has 0 aliphatic rings. The molecule has 0 unspecified atom stereocenters. The lowest BCUT2D eigenvalue weighted by Gasteiger charge is -2.19. The van der Waals surface area contributed by atoms with E-state index in [-0.39, 0.29) is 0 Å². The number of hydrogen-bond donors (Lipinski definition) is 3. The standard InChI is InChI=1S/C11H22N4O4/c1-14(2)6-4-3-5-13-11(19)15(7-9(12)16)8-10(17)18/h3-8H2,1-2H3,(H2,12,16)(H,13,19)(H,17,18). The Morgan fingerprint density at radius 2 is 1.79 bits per heavy atom. The van der Waals surface area contributed by atoms with Crippen molar-refractivity contribution >= 4 is 17.9 Å². The highest BCUT2D eigenvalue weighted by Gasteiger charge is 2.17. The fourth-order valence-corrected chi connectivity index (χ4v) is 1.41. The molecule has 8 nitrogen and oxygen atoms in total. The molecule has 0 aliphatic carbocycles. The zero-order valence-corrected chi connectivity index (χ0v) is 11.4. The van der Waals surface area contributed by atoms with Gasteiger partial charge in [0.1, 0.15) is 13.1 Å². The van der Waals surface area contributed by atoms with Crippen LogP contribution in [0.3, 0.4) is 0 Å². The maximum absolute atomic E-state index is 11.6. The van der Waals surface area contributed by atoms with Gasteiger partial charge < -0.3 is 26.0 Å². The Labute approximate surface area is 112 Å². The Bertz CT molecular complexity index is 304. The summed E-state index contributed by atoms with van der Waals surface area (Å²) >= 11 is 0. The second kappa shape index (κ2) is 9.15. The Balaban J connectivity index is 4.03. The van der Waals surface area contributed by atoms with E-state index in [0.717, 1.165) is 24.3 Å². The number of nitrogens with one attached hydrogen (secondary N) is 1. The van der Waals surface area contributed by atoms with Gasteiger partial charge in [-0.2, -0.15) is 0 Å². The lowest BCUT2D eigenvalue weighted by atomic mass is 10.3. The predicted molar refractivity (Wildman–Crippen MR) is 69.6 cm³/mol. The molecular weight excluding hydrogens is 252 g/mol. The van der Waals surface area contributed by atoms with Gasteiger partial charge >= 0.3 is 12.0 Å². The SMILES string of the molecule is CN(C)CCCCNC(=O)N(CC(N)=O)CC(=O)O. The lowest BCUT2D eigenvalue weighted by molar-refractivity contribution is -0.137. The van der Waals surface area contributed by atoms with Gasteiger partial charge in [-0.3, -0.25) is 9.59 Å². The van der Waals surface area contributed by atoms with Crippen LogP contribution in [-0.2, 0) is 9.59 Å². The molecule has 0 saturated heterocycles. The summed E-state index contributed by atoms with van der Waals surface area (Å²) in [5.41, 5.74) is 4.96. The van der Waals surface area contributed by atoms with Gasteiger partial charge in [0.2, 0.25) is 5.91 Å². The highest BCUT2D eigenvalue weighted by Crippen LogP contribution is 1.92. The number of aliphatic carboxylic acids is 1. The molecule has 0 aromatic heterocycles. The number of primary amides is 1. The highest BCUT2D eigenvalue weighted by atomic mass is 16.4. The number of carbonyl (C=O) groups is 3. The average Bonchev–Trinajstić information content (AvgIpc) is 2.25. The van der Waals surface area contributed by atoms with Crippen molar-refractivity contribution in [2.45, 2.75) is 12.8 Å². The fraction of sp³-hybridized carbons (Fsp3) is 0.727. The van der Waals surface area contributed by atoms with Crippen molar-refractivity contribution in [2.75, 3.05) is 40.3 Å². The van der Waals surface area contributed by atoms with E-state index in [4.69, 9.17) is 10.8 Å². The first-order valence-corrected chi connectivity index (χ1v) is 6.00. The number of nitrogens with two attached hydrogens (primary N) is 1. The summed E-state index contributed by atoms with van der Waals surface area (Å²) in [6.07, 6.45) is 1.70. The third kappa shape index (κ3) is 9.83. The van der Waals surface area contributed by atoms with Crippen LogP contribution in [-0.4, -0.2) is 73.1 Å². The van der Waals surface area contributed by atoms with Gasteiger partial charge in [0.15, 0.2) is 0 Å². The van der Waals surface area contributed by atoms with Crippen LogP contribution >= 0.6 is 0 Å². The number of carboxylic acids is 1. The van der Waals surface area contributed by atoms with Crippen LogP contribution in [0.25, 0.3) is 0 Å². The van der Waals surface area contributed by atoms with Gasteiger partial charge in [-0.25, -0.2) is 4.79 Å². The molecule has 110 valence electrons. The van der Waals surface area contributed by atoms with E-state index in [1.807, 2.05) is 19.0 Å². The minimum atomic E-state index is -1.19. The second-order valence-electron chi connectivity index (χ2n) is 4.46. The van der Waals surface area contributed by atoms with Crippen molar-refractivity contribution in [3.63, 3.8) is 0 Å². The number of hydrogen-bond acceptors (Lipinski definition) is 4. The summed E-state index contributed by atoms with van der Waals surface area (Å²) in [5.74, 6) is -1.94. The zero-order valence-electron chi connectivity index (χ0n) is 11.4. The van der Waals surface area contributed by atoms with Crippen LogP contribution in [0.2, 0.25) is 0 Å². The maximum atomic E-state index is 11.6. The highest BCUT2D eigenvalue weighted by molar-refractivity contribution is 5.85. The number of unbranched alkanes of at least 4 members (excludes halogenated alkanes) is 1. The predicted octanol–water partition coefficient (Wildman–Crippen LogP) is -1.09. The molecule has 0 aromatic rings. The van der Waals surface area contributed by atoms with Crippen LogP contribution in [0.5, 0.6) is 0 Å². The minimum Gasteiger partial charge on any atom is -0.480 e. The molecule has 0 saturated carbocycles. The molecule has 0 spiro atoms. The van der Waals surface area contributed by atoms with Crippen LogP contribution in [0.15, 0.2) is 0 Å². The smallest absolute Gasteiger partial charge is 0.323 e. The molecule has 0 bridgehead atoms. The third-order valence-electron chi connectivity index (χ3n) is 2.27. The minimum absolute atomic E-state index is 0.407. The summed E-state index contributed by atoms with van der Waals surface area (Å²) in [7, 11) is 3.92. The third-order valence-corrected chi connectivity index (χ3v) is 2.27. The molecule has 4 N–H and O–H groups in total. The molecule has 3 amide bonds. The van der Waals surface area contributed by atoms with Crippen LogP contribution in [0.1, 0.15) is 12.8 Å². The Morgan fingerprint density at radius 1 is 1.16 bits per heavy atom. The summed E-state index contributed by atoms with van der Waals surface area (Å²) in [6.45, 7) is 0.389. The molecule has 19 heavy (non-hydrogen) atoms. The Hall–Kier alpha value is -1.83. The van der Waals surface area contributed by atoms with Crippen LogP contribution < -0.4 is 11.1 Å². The van der Waals surface area contributed by atoms with Gasteiger partial charge in [-0.15, -0.1) is 0 Å². The number of urea groups is 1. The van der Waals surface area contributed by atoms with Gasteiger partial charge in [-0.1, -0.05) is 0 Å². The first kappa shape index (κ1) is 17.2. The van der Waals surface area contributed by atoms with Crippen molar-refractivity contribution in [2.24, 2.45) is 5.73 Å². The summed E-state index contributed by atoms with van der Waals surface area (Å²) in [6, 6.07) is -0.592. The molecule has 0 atom stereocenters. The maximum Gasteiger partial charge on any atom is 0.323 e. The molecule has 0 rings (SSSR count). The van der Waals surface area contributed by atoms with E-state index in [9.17, 15) is 14.4 Å². The van der Waals surface area contributed by atoms with Crippen LogP contribution in [0.4, 0.5) is 4.79 Å². The molecule has 0 heterocycles. The first-order valence-electron chi connectivity index (χ1n) is 6.00. The lowest BCUT2D eigenvalue weighted by Crippen LogP contribution is -2.46. The largest absolute Gasteiger partial charge is 0.480 e. The van der Waals surface area contributed by atoms with E-state index >= 15 is 0 Å². The van der Waals surface area contributed by atoms with Gasteiger partial charge in [0.25, 0.3) is 0 Å². The normalized spacial score (nSPS) is 10.3. The van der Waals surface area contributed by atoms with Crippen molar-refractivity contribution in [1.82, 2.24) is 15.1 Å². The molecule has 0 radical (unpaired) electrons. The molecular formula is C11H22N4O4. The van der Waals surface area contributed by atoms with E-state index in [2.05, 4.69) is 5.32 Å². The number of carbonyl (C=O) groups excluding carboxylic acids is 2. The summed E-state index contributed by atoms with van der Waals surface area (Å²) < 4.78 is 0. The summed E-state index contributed by atoms with van der Waals surface area (Å²) in [4.78, 5) is 35.9. The van der Waals surface area contributed by atoms with Crippen molar-refractivity contribution in [1.29, 1.82) is 0 Å². The summed E-state index contributed by atoms with van der Waals surface area (Å²) in [5, 5.41) is 11.2.